The van der Waals surface area contributed by atoms with Crippen LogP contribution in [0.3, 0.4) is 0 Å². The number of aromatic hydroxyl groups is 1. The molecule has 0 saturated heterocycles. The first kappa shape index (κ1) is 69.9. The maximum atomic E-state index is 14.1. The summed E-state index contributed by atoms with van der Waals surface area (Å²) >= 11 is 9.26. The quantitative estimate of drug-likeness (QED) is 0.00989. The van der Waals surface area contributed by atoms with Crippen molar-refractivity contribution in [2.24, 2.45) is 61.0 Å². The van der Waals surface area contributed by atoms with E-state index in [1.807, 2.05) is 13.8 Å². The summed E-state index contributed by atoms with van der Waals surface area (Å²) in [4.78, 5) is 135. The van der Waals surface area contributed by atoms with E-state index in [0.29, 0.717) is 24.0 Å². The summed E-state index contributed by atoms with van der Waals surface area (Å²) in [6.45, 7) is 3.28. The molecular formula is C51H81N19O10S2. The maximum absolute atomic E-state index is 14.1. The lowest BCUT2D eigenvalue weighted by molar-refractivity contribution is -0.137. The van der Waals surface area contributed by atoms with Crippen LogP contribution in [-0.4, -0.2) is 169 Å². The van der Waals surface area contributed by atoms with Crippen LogP contribution < -0.4 is 88.0 Å². The molecule has 0 heterocycles. The van der Waals surface area contributed by atoms with Gasteiger partial charge in [0.15, 0.2) is 17.9 Å². The van der Waals surface area contributed by atoms with Crippen molar-refractivity contribution in [3.05, 3.63) is 65.7 Å². The van der Waals surface area contributed by atoms with E-state index in [-0.39, 0.29) is 99.9 Å². The summed E-state index contributed by atoms with van der Waals surface area (Å²) in [5.41, 5.74) is 40.1. The number of guanidine groups is 3. The summed E-state index contributed by atoms with van der Waals surface area (Å²) in [6.07, 6.45) is 0.861. The first-order valence-electron chi connectivity index (χ1n) is 26.3. The number of carbonyl (C=O) groups excluding carboxylic acids is 9. The molecule has 0 radical (unpaired) electrons. The zero-order valence-electron chi connectivity index (χ0n) is 46.2. The molecular weight excluding hydrogens is 1100 g/mol. The number of aliphatic imine (C=N–C) groups is 3. The topological polar surface area (TPSA) is 501 Å². The average Bonchev–Trinajstić information content (AvgIpc) is 3.42. The fourth-order valence-corrected chi connectivity index (χ4v) is 8.17. The fraction of sp³-hybridized carbons (Fsp3) is 0.510. The molecule has 2 aromatic rings. The standard InChI is InChI=1S/C51H81N19O10S2/c1-28(2)22-36(67-43(75)33(59-3)12-7-19-60-49(53)54)46(78)65-34(13-8-20-61-50(55)56)44(76)70-45(77)35(14-9-21-62-51(57)58)66-48(80)39(27-82)69-47(79)37(24-29-10-5-4-6-11-29)64-40(72)25-63-42(74)38(26-81)68-41(73)32(52)23-30-15-17-31(71)18-16-30/h4-6,10-11,15-18,26,28,32-39,59,71,82H,7-9,12-14,19-25,27,52H2,1-3H3,(H,63,74)(H,64,72)(H,65,78)(H,66,80)(H,67,75)(H,68,73)(H,69,79)(H4,53,54,60)(H4,55,56,61)(H4,57,58,62)(H,70,76,77). The molecule has 0 aliphatic carbocycles. The van der Waals surface area contributed by atoms with Crippen LogP contribution >= 0.6 is 24.8 Å². The molecule has 24 N–H and O–H groups in total. The normalized spacial score (nSPS) is 13.7. The van der Waals surface area contributed by atoms with Crippen molar-refractivity contribution in [1.29, 1.82) is 0 Å². The summed E-state index contributed by atoms with van der Waals surface area (Å²) in [5.74, 6) is -8.49. The number of nitrogens with zero attached hydrogens (tertiary/aromatic N) is 3. The molecule has 0 fully saturated rings. The third kappa shape index (κ3) is 27.8. The van der Waals surface area contributed by atoms with Gasteiger partial charge in [0.05, 0.1) is 18.6 Å². The number of carbonyl (C=O) groups is 9. The number of nitrogens with two attached hydrogens (primary N) is 7. The van der Waals surface area contributed by atoms with E-state index in [4.69, 9.17) is 52.4 Å². The Morgan fingerprint density at radius 3 is 1.49 bits per heavy atom. The third-order valence-corrected chi connectivity index (χ3v) is 12.6. The Labute approximate surface area is 486 Å². The highest BCUT2D eigenvalue weighted by atomic mass is 32.1. The number of hydrogen-bond donors (Lipinski definition) is 18. The summed E-state index contributed by atoms with van der Waals surface area (Å²) < 4.78 is 0. The second-order valence-electron chi connectivity index (χ2n) is 19.2. The van der Waals surface area contributed by atoms with Gasteiger partial charge in [-0.05, 0) is 87.6 Å². The lowest BCUT2D eigenvalue weighted by Crippen LogP contribution is -2.60. The third-order valence-electron chi connectivity index (χ3n) is 12.0. The van der Waals surface area contributed by atoms with Gasteiger partial charge in [0.1, 0.15) is 42.0 Å². The molecule has 0 aliphatic heterocycles. The molecule has 2 rings (SSSR count). The second kappa shape index (κ2) is 37.7. The average molecular weight is 1180 g/mol. The van der Waals surface area contributed by atoms with E-state index in [9.17, 15) is 48.3 Å². The van der Waals surface area contributed by atoms with Crippen LogP contribution in [0, 0.1) is 5.92 Å². The zero-order valence-corrected chi connectivity index (χ0v) is 47.9. The highest BCUT2D eigenvalue weighted by Gasteiger charge is 2.34. The van der Waals surface area contributed by atoms with Gasteiger partial charge in [-0.2, -0.15) is 12.6 Å². The summed E-state index contributed by atoms with van der Waals surface area (Å²) in [7, 11) is 1.58. The van der Waals surface area contributed by atoms with Gasteiger partial charge in [0, 0.05) is 37.2 Å². The summed E-state index contributed by atoms with van der Waals surface area (Å²) in [5, 5.41) is 33.5. The smallest absolute Gasteiger partial charge is 0.249 e. The number of thiocarbonyl (C=S) groups is 1. The van der Waals surface area contributed by atoms with Gasteiger partial charge in [-0.3, -0.25) is 63.4 Å². The van der Waals surface area contributed by atoms with Crippen molar-refractivity contribution < 1.29 is 48.3 Å². The summed E-state index contributed by atoms with van der Waals surface area (Å²) in [6, 6.07) is 4.46. The Hall–Kier alpha value is -8.16. The number of rotatable bonds is 37. The monoisotopic (exact) mass is 1180 g/mol. The lowest BCUT2D eigenvalue weighted by Gasteiger charge is -2.27. The molecule has 29 nitrogen and oxygen atoms in total. The van der Waals surface area contributed by atoms with Crippen molar-refractivity contribution in [2.45, 2.75) is 120 Å². The minimum Gasteiger partial charge on any atom is -0.508 e. The van der Waals surface area contributed by atoms with Crippen LogP contribution in [0.5, 0.6) is 5.75 Å². The highest BCUT2D eigenvalue weighted by Crippen LogP contribution is 2.13. The van der Waals surface area contributed by atoms with E-state index in [1.54, 1.807) is 49.5 Å². The van der Waals surface area contributed by atoms with Gasteiger partial charge in [0.25, 0.3) is 0 Å². The Morgan fingerprint density at radius 1 is 0.561 bits per heavy atom. The predicted molar refractivity (Wildman–Crippen MR) is 317 cm³/mol. The van der Waals surface area contributed by atoms with Crippen LogP contribution in [0.2, 0.25) is 0 Å². The first-order chi connectivity index (χ1) is 38.9. The van der Waals surface area contributed by atoms with Gasteiger partial charge >= 0.3 is 0 Å². The van der Waals surface area contributed by atoms with Crippen LogP contribution in [-0.2, 0) is 56.0 Å². The van der Waals surface area contributed by atoms with Gasteiger partial charge < -0.3 is 87.8 Å². The number of imide groups is 1. The number of phenols is 1. The number of phenolic OH excluding ortho intramolecular Hbond substituents is 1. The predicted octanol–water partition coefficient (Wildman–Crippen LogP) is -5.10. The number of nitrogens with one attached hydrogen (secondary N) is 9. The van der Waals surface area contributed by atoms with Crippen molar-refractivity contribution in [3.8, 4) is 5.75 Å². The SMILES string of the molecule is CNC(CCCN=C(N)N)C(=O)NC(CC(C)C)C(=O)NC(CCCN=C(N)N)C(=O)NC(=O)C(CCCN=C(N)N)NC(=O)C(CS)NC(=O)C(Cc1ccccc1)NC(=O)CNC(=O)C(C=S)NC(=O)C(N)Cc1ccc(O)cc1. The Morgan fingerprint density at radius 2 is 1.01 bits per heavy atom. The van der Waals surface area contributed by atoms with E-state index in [1.165, 1.54) is 12.1 Å². The number of likely N-dealkylation sites (N-methyl/N-ethyl adjacent to an activating group) is 1. The van der Waals surface area contributed by atoms with E-state index in [2.05, 4.69) is 75.5 Å². The van der Waals surface area contributed by atoms with Crippen LogP contribution in [0.25, 0.3) is 0 Å². The molecule has 452 valence electrons. The molecule has 2 aromatic carbocycles. The largest absolute Gasteiger partial charge is 0.508 e. The highest BCUT2D eigenvalue weighted by molar-refractivity contribution is 7.80. The number of amides is 9. The Kier molecular flexibility index (Phi) is 32.2. The lowest BCUT2D eigenvalue weighted by atomic mass is 10.0. The Balaban J connectivity index is 2.32. The molecule has 8 atom stereocenters. The van der Waals surface area contributed by atoms with Crippen molar-refractivity contribution >= 4 is 101 Å². The van der Waals surface area contributed by atoms with Gasteiger partial charge in [0.2, 0.25) is 53.2 Å². The number of hydrogen-bond acceptors (Lipinski definition) is 17. The van der Waals surface area contributed by atoms with E-state index in [0.717, 1.165) is 5.37 Å². The van der Waals surface area contributed by atoms with Gasteiger partial charge in [-0.15, -0.1) is 0 Å². The molecule has 82 heavy (non-hydrogen) atoms. The number of benzene rings is 2. The fourth-order valence-electron chi connectivity index (χ4n) is 7.72. The molecule has 0 saturated carbocycles. The molecule has 31 heteroatoms. The van der Waals surface area contributed by atoms with E-state index >= 15 is 0 Å². The van der Waals surface area contributed by atoms with Crippen LogP contribution in [0.4, 0.5) is 0 Å². The van der Waals surface area contributed by atoms with Crippen LogP contribution in [0.15, 0.2) is 69.6 Å². The second-order valence-corrected chi connectivity index (χ2v) is 19.9. The van der Waals surface area contributed by atoms with Crippen LogP contribution in [0.1, 0.15) is 69.9 Å². The molecule has 0 aliphatic rings. The minimum atomic E-state index is -1.49. The van der Waals surface area contributed by atoms with Gasteiger partial charge in [-0.25, -0.2) is 0 Å². The molecule has 0 spiro atoms. The minimum absolute atomic E-state index is 0.00184. The van der Waals surface area contributed by atoms with Crippen molar-refractivity contribution in [3.63, 3.8) is 0 Å². The van der Waals surface area contributed by atoms with Crippen molar-refractivity contribution in [1.82, 2.24) is 47.9 Å². The number of thiol groups is 1. The van der Waals surface area contributed by atoms with E-state index < -0.39 is 108 Å². The first-order valence-corrected chi connectivity index (χ1v) is 27.4. The molecule has 0 bridgehead atoms. The molecule has 0 aromatic heterocycles. The van der Waals surface area contributed by atoms with Gasteiger partial charge in [-0.1, -0.05) is 68.5 Å². The maximum Gasteiger partial charge on any atom is 0.249 e. The molecule has 8 unspecified atom stereocenters. The molecule has 9 amide bonds. The zero-order chi connectivity index (χ0) is 61.3. The Bertz CT molecular complexity index is 2530. The van der Waals surface area contributed by atoms with Crippen molar-refractivity contribution in [2.75, 3.05) is 39.0 Å².